The molecule has 7 heteroatoms. The van der Waals surface area contributed by atoms with Crippen LogP contribution >= 0.6 is 0 Å². The van der Waals surface area contributed by atoms with Crippen molar-refractivity contribution in [1.29, 1.82) is 0 Å². The number of rotatable bonds is 4. The van der Waals surface area contributed by atoms with Crippen molar-refractivity contribution in [2.75, 3.05) is 26.7 Å². The first-order valence-corrected chi connectivity index (χ1v) is 10.1. The molecule has 1 aromatic heterocycles. The zero-order valence-corrected chi connectivity index (χ0v) is 17.0. The summed E-state index contributed by atoms with van der Waals surface area (Å²) in [6.07, 6.45) is 3.01. The molecule has 0 spiro atoms. The van der Waals surface area contributed by atoms with Crippen molar-refractivity contribution in [1.82, 2.24) is 24.6 Å². The lowest BCUT2D eigenvalue weighted by Crippen LogP contribution is -2.32. The molecular formula is C21H29N5O2. The van der Waals surface area contributed by atoms with E-state index >= 15 is 0 Å². The fraction of sp³-hybridized carbons (Fsp3) is 0.571. The Morgan fingerprint density at radius 1 is 1.21 bits per heavy atom. The van der Waals surface area contributed by atoms with Crippen LogP contribution < -0.4 is 4.74 Å². The first-order chi connectivity index (χ1) is 13.6. The second-order valence-electron chi connectivity index (χ2n) is 7.83. The predicted octanol–water partition coefficient (Wildman–Crippen LogP) is 2.34. The van der Waals surface area contributed by atoms with Gasteiger partial charge in [-0.3, -0.25) is 9.69 Å². The Bertz CT molecular complexity index is 862. The van der Waals surface area contributed by atoms with E-state index in [0.29, 0.717) is 0 Å². The lowest BCUT2D eigenvalue weighted by molar-refractivity contribution is -0.128. The maximum Gasteiger partial charge on any atom is 0.219 e. The predicted molar refractivity (Wildman–Crippen MR) is 106 cm³/mol. The van der Waals surface area contributed by atoms with Gasteiger partial charge in [-0.25, -0.2) is 0 Å². The van der Waals surface area contributed by atoms with Crippen molar-refractivity contribution in [3.63, 3.8) is 0 Å². The van der Waals surface area contributed by atoms with Crippen LogP contribution in [0.3, 0.4) is 0 Å². The van der Waals surface area contributed by atoms with E-state index < -0.39 is 0 Å². The smallest absolute Gasteiger partial charge is 0.219 e. The van der Waals surface area contributed by atoms with Crippen LogP contribution in [-0.4, -0.2) is 57.2 Å². The third-order valence-corrected chi connectivity index (χ3v) is 5.98. The van der Waals surface area contributed by atoms with Crippen molar-refractivity contribution in [2.24, 2.45) is 0 Å². The van der Waals surface area contributed by atoms with Crippen molar-refractivity contribution in [3.8, 4) is 5.75 Å². The minimum atomic E-state index is 0.134. The SMILES string of the molecule is COc1cc(C)ccc1CN1CCCC1c1nnc2n1CCN(C(C)=O)CC2. The molecule has 0 saturated carbocycles. The second kappa shape index (κ2) is 7.91. The maximum absolute atomic E-state index is 11.8. The Balaban J connectivity index is 1.56. The van der Waals surface area contributed by atoms with E-state index in [1.807, 2.05) is 4.90 Å². The summed E-state index contributed by atoms with van der Waals surface area (Å²) in [5.74, 6) is 3.12. The average molecular weight is 383 g/mol. The third-order valence-electron chi connectivity index (χ3n) is 5.98. The van der Waals surface area contributed by atoms with Gasteiger partial charge < -0.3 is 14.2 Å². The van der Waals surface area contributed by atoms with Crippen LogP contribution in [0.15, 0.2) is 18.2 Å². The topological polar surface area (TPSA) is 63.5 Å². The lowest BCUT2D eigenvalue weighted by atomic mass is 10.1. The number of likely N-dealkylation sites (tertiary alicyclic amines) is 1. The fourth-order valence-corrected chi connectivity index (χ4v) is 4.42. The summed E-state index contributed by atoms with van der Waals surface area (Å²) in [5.41, 5.74) is 2.41. The number of aryl methyl sites for hydroxylation is 1. The molecule has 7 nitrogen and oxygen atoms in total. The first kappa shape index (κ1) is 18.9. The first-order valence-electron chi connectivity index (χ1n) is 10.1. The minimum Gasteiger partial charge on any atom is -0.496 e. The minimum absolute atomic E-state index is 0.134. The van der Waals surface area contributed by atoms with Crippen LogP contribution in [0.4, 0.5) is 0 Å². The average Bonchev–Trinajstić information content (AvgIpc) is 3.23. The molecule has 1 unspecified atom stereocenters. The Hall–Kier alpha value is -2.41. The molecule has 1 fully saturated rings. The van der Waals surface area contributed by atoms with Gasteiger partial charge in [-0.2, -0.15) is 0 Å². The van der Waals surface area contributed by atoms with Gasteiger partial charge in [0, 0.05) is 45.1 Å². The molecule has 0 aliphatic carbocycles. The van der Waals surface area contributed by atoms with Gasteiger partial charge in [-0.1, -0.05) is 12.1 Å². The molecule has 4 rings (SSSR count). The number of fused-ring (bicyclic) bond motifs is 1. The van der Waals surface area contributed by atoms with E-state index in [4.69, 9.17) is 4.74 Å². The van der Waals surface area contributed by atoms with Gasteiger partial charge in [-0.05, 0) is 37.9 Å². The van der Waals surface area contributed by atoms with Crippen molar-refractivity contribution < 1.29 is 9.53 Å². The Labute approximate surface area is 166 Å². The number of carbonyl (C=O) groups is 1. The van der Waals surface area contributed by atoms with E-state index in [1.165, 1.54) is 11.1 Å². The van der Waals surface area contributed by atoms with Gasteiger partial charge in [0.1, 0.15) is 17.4 Å². The third kappa shape index (κ3) is 3.63. The van der Waals surface area contributed by atoms with Gasteiger partial charge in [0.15, 0.2) is 0 Å². The molecule has 1 atom stereocenters. The van der Waals surface area contributed by atoms with Crippen LogP contribution in [0, 0.1) is 6.92 Å². The molecule has 0 radical (unpaired) electrons. The molecule has 0 N–H and O–H groups in total. The normalized spacial score (nSPS) is 20.1. The molecule has 1 aromatic carbocycles. The van der Waals surface area contributed by atoms with Gasteiger partial charge in [0.05, 0.1) is 13.2 Å². The lowest BCUT2D eigenvalue weighted by Gasteiger charge is -2.25. The monoisotopic (exact) mass is 383 g/mol. The summed E-state index contributed by atoms with van der Waals surface area (Å²) in [5, 5.41) is 9.04. The number of nitrogens with zero attached hydrogens (tertiary/aromatic N) is 5. The Morgan fingerprint density at radius 3 is 2.86 bits per heavy atom. The van der Waals surface area contributed by atoms with E-state index in [1.54, 1.807) is 14.0 Å². The quantitative estimate of drug-likeness (QED) is 0.811. The zero-order valence-electron chi connectivity index (χ0n) is 17.0. The summed E-state index contributed by atoms with van der Waals surface area (Å²) in [4.78, 5) is 16.2. The maximum atomic E-state index is 11.8. The largest absolute Gasteiger partial charge is 0.496 e. The highest BCUT2D eigenvalue weighted by atomic mass is 16.5. The molecule has 2 aliphatic rings. The molecule has 150 valence electrons. The summed E-state index contributed by atoms with van der Waals surface area (Å²) >= 11 is 0. The van der Waals surface area contributed by atoms with Crippen molar-refractivity contribution >= 4 is 5.91 Å². The van der Waals surface area contributed by atoms with E-state index in [2.05, 4.69) is 44.8 Å². The van der Waals surface area contributed by atoms with Crippen LogP contribution in [0.1, 0.15) is 48.6 Å². The highest BCUT2D eigenvalue weighted by Gasteiger charge is 2.32. The van der Waals surface area contributed by atoms with Crippen LogP contribution in [-0.2, 0) is 24.3 Å². The van der Waals surface area contributed by atoms with E-state index in [0.717, 1.165) is 69.4 Å². The number of aromatic nitrogens is 3. The van der Waals surface area contributed by atoms with Crippen molar-refractivity contribution in [2.45, 2.75) is 52.2 Å². The highest BCUT2D eigenvalue weighted by molar-refractivity contribution is 5.73. The number of hydrogen-bond acceptors (Lipinski definition) is 5. The molecule has 28 heavy (non-hydrogen) atoms. The summed E-state index contributed by atoms with van der Waals surface area (Å²) < 4.78 is 7.85. The molecule has 3 heterocycles. The number of hydrogen-bond donors (Lipinski definition) is 0. The fourth-order valence-electron chi connectivity index (χ4n) is 4.42. The zero-order chi connectivity index (χ0) is 19.7. The molecule has 1 amide bonds. The number of ether oxygens (including phenoxy) is 1. The van der Waals surface area contributed by atoms with Crippen LogP contribution in [0.2, 0.25) is 0 Å². The number of carbonyl (C=O) groups excluding carboxylic acids is 1. The second-order valence-corrected chi connectivity index (χ2v) is 7.83. The molecule has 0 bridgehead atoms. The van der Waals surface area contributed by atoms with Gasteiger partial charge >= 0.3 is 0 Å². The standard InChI is InChI=1S/C21H29N5O2/c1-15-6-7-17(19(13-15)28-3)14-25-9-4-5-18(25)21-23-22-20-8-10-24(16(2)27)11-12-26(20)21/h6-7,13,18H,4-5,8-12,14H2,1-3H3. The summed E-state index contributed by atoms with van der Waals surface area (Å²) in [6.45, 7) is 7.84. The van der Waals surface area contributed by atoms with E-state index in [9.17, 15) is 4.79 Å². The van der Waals surface area contributed by atoms with Crippen LogP contribution in [0.25, 0.3) is 0 Å². The summed E-state index contributed by atoms with van der Waals surface area (Å²) in [7, 11) is 1.74. The summed E-state index contributed by atoms with van der Waals surface area (Å²) in [6, 6.07) is 6.66. The number of benzene rings is 1. The van der Waals surface area contributed by atoms with E-state index in [-0.39, 0.29) is 11.9 Å². The van der Waals surface area contributed by atoms with Crippen LogP contribution in [0.5, 0.6) is 5.75 Å². The Kier molecular flexibility index (Phi) is 5.35. The highest BCUT2D eigenvalue weighted by Crippen LogP contribution is 2.34. The van der Waals surface area contributed by atoms with Gasteiger partial charge in [0.25, 0.3) is 0 Å². The van der Waals surface area contributed by atoms with Gasteiger partial charge in [0.2, 0.25) is 5.91 Å². The van der Waals surface area contributed by atoms with Crippen molar-refractivity contribution in [3.05, 3.63) is 41.0 Å². The molecule has 1 saturated heterocycles. The Morgan fingerprint density at radius 2 is 2.07 bits per heavy atom. The molecule has 2 aliphatic heterocycles. The molecule has 2 aromatic rings. The van der Waals surface area contributed by atoms with Gasteiger partial charge in [-0.15, -0.1) is 10.2 Å². The number of amides is 1. The number of methoxy groups -OCH3 is 1. The molecular weight excluding hydrogens is 354 g/mol.